The molecular weight excluding hydrogens is 210 g/mol. The fourth-order valence-electron chi connectivity index (χ4n) is 3.04. The summed E-state index contributed by atoms with van der Waals surface area (Å²) in [6.45, 7) is 2.97. The lowest BCUT2D eigenvalue weighted by Crippen LogP contribution is -2.20. The number of rotatable bonds is 4. The Labute approximate surface area is 104 Å². The second-order valence-corrected chi connectivity index (χ2v) is 5.21. The summed E-state index contributed by atoms with van der Waals surface area (Å²) in [5, 5.41) is 0. The number of nitrogens with two attached hydrogens (primary N) is 1. The number of aryl methyl sites for hydroxylation is 1. The molecule has 0 heterocycles. The smallest absolute Gasteiger partial charge is 0.122 e. The summed E-state index contributed by atoms with van der Waals surface area (Å²) in [5.41, 5.74) is 8.50. The van der Waals surface area contributed by atoms with E-state index in [2.05, 4.69) is 25.1 Å². The molecule has 1 aliphatic carbocycles. The van der Waals surface area contributed by atoms with Crippen molar-refractivity contribution >= 4 is 0 Å². The van der Waals surface area contributed by atoms with Gasteiger partial charge < -0.3 is 10.5 Å². The summed E-state index contributed by atoms with van der Waals surface area (Å²) in [5.74, 6) is 2.48. The van der Waals surface area contributed by atoms with Gasteiger partial charge in [-0.1, -0.05) is 24.1 Å². The topological polar surface area (TPSA) is 35.2 Å². The van der Waals surface area contributed by atoms with Gasteiger partial charge in [-0.05, 0) is 56.2 Å². The third-order valence-electron chi connectivity index (χ3n) is 4.04. The normalized spacial score (nSPS) is 23.9. The van der Waals surface area contributed by atoms with Crippen LogP contribution in [-0.2, 0) is 6.42 Å². The van der Waals surface area contributed by atoms with Gasteiger partial charge in [0.05, 0.1) is 7.11 Å². The maximum atomic E-state index is 5.85. The van der Waals surface area contributed by atoms with Crippen LogP contribution in [0.25, 0.3) is 0 Å². The molecule has 2 nitrogen and oxygen atoms in total. The SMILES string of the molecule is COc1ccc(C)cc1CC1CCCC1CN. The quantitative estimate of drug-likeness (QED) is 0.868. The van der Waals surface area contributed by atoms with E-state index in [0.717, 1.165) is 24.6 Å². The third-order valence-corrected chi connectivity index (χ3v) is 4.04. The van der Waals surface area contributed by atoms with E-state index in [-0.39, 0.29) is 0 Å². The minimum atomic E-state index is 0.709. The van der Waals surface area contributed by atoms with Crippen molar-refractivity contribution in [1.29, 1.82) is 0 Å². The number of hydrogen-bond donors (Lipinski definition) is 1. The Hall–Kier alpha value is -1.02. The molecule has 0 radical (unpaired) electrons. The summed E-state index contributed by atoms with van der Waals surface area (Å²) >= 11 is 0. The Bertz CT molecular complexity index is 375. The van der Waals surface area contributed by atoms with Gasteiger partial charge in [0, 0.05) is 0 Å². The average Bonchev–Trinajstić information content (AvgIpc) is 2.77. The number of methoxy groups -OCH3 is 1. The van der Waals surface area contributed by atoms with Gasteiger partial charge in [-0.15, -0.1) is 0 Å². The summed E-state index contributed by atoms with van der Waals surface area (Å²) in [7, 11) is 1.75. The summed E-state index contributed by atoms with van der Waals surface area (Å²) < 4.78 is 5.45. The molecule has 17 heavy (non-hydrogen) atoms. The van der Waals surface area contributed by atoms with Crippen LogP contribution in [0.5, 0.6) is 5.75 Å². The molecule has 2 rings (SSSR count). The van der Waals surface area contributed by atoms with Crippen LogP contribution in [0.4, 0.5) is 0 Å². The van der Waals surface area contributed by atoms with Crippen LogP contribution in [-0.4, -0.2) is 13.7 Å². The molecule has 0 aliphatic heterocycles. The van der Waals surface area contributed by atoms with Crippen molar-refractivity contribution in [1.82, 2.24) is 0 Å². The van der Waals surface area contributed by atoms with E-state index in [0.29, 0.717) is 5.92 Å². The first-order valence-electron chi connectivity index (χ1n) is 6.58. The molecule has 2 atom stereocenters. The van der Waals surface area contributed by atoms with E-state index in [1.807, 2.05) is 0 Å². The van der Waals surface area contributed by atoms with Crippen LogP contribution in [0, 0.1) is 18.8 Å². The molecule has 0 saturated heterocycles. The molecule has 0 spiro atoms. The standard InChI is InChI=1S/C15H23NO/c1-11-6-7-15(17-2)14(8-11)9-12-4-3-5-13(12)10-16/h6-8,12-13H,3-5,9-10,16H2,1-2H3. The maximum Gasteiger partial charge on any atom is 0.122 e. The first-order chi connectivity index (χ1) is 8.24. The van der Waals surface area contributed by atoms with Crippen LogP contribution >= 0.6 is 0 Å². The molecule has 0 aromatic heterocycles. The largest absolute Gasteiger partial charge is 0.496 e. The van der Waals surface area contributed by atoms with E-state index in [1.165, 1.54) is 30.4 Å². The highest BCUT2D eigenvalue weighted by molar-refractivity contribution is 5.37. The molecule has 94 valence electrons. The van der Waals surface area contributed by atoms with Crippen molar-refractivity contribution in [2.45, 2.75) is 32.6 Å². The zero-order valence-corrected chi connectivity index (χ0v) is 10.9. The molecule has 0 amide bonds. The van der Waals surface area contributed by atoms with Crippen LogP contribution in [0.1, 0.15) is 30.4 Å². The lowest BCUT2D eigenvalue weighted by atomic mass is 9.89. The van der Waals surface area contributed by atoms with Gasteiger partial charge in [0.2, 0.25) is 0 Å². The van der Waals surface area contributed by atoms with Crippen LogP contribution in [0.2, 0.25) is 0 Å². The molecule has 1 saturated carbocycles. The molecule has 2 unspecified atom stereocenters. The van der Waals surface area contributed by atoms with Crippen molar-refractivity contribution in [2.24, 2.45) is 17.6 Å². The van der Waals surface area contributed by atoms with E-state index in [4.69, 9.17) is 10.5 Å². The predicted molar refractivity (Wildman–Crippen MR) is 71.3 cm³/mol. The molecule has 0 bridgehead atoms. The van der Waals surface area contributed by atoms with Gasteiger partial charge in [-0.3, -0.25) is 0 Å². The predicted octanol–water partition coefficient (Wildman–Crippen LogP) is 2.92. The van der Waals surface area contributed by atoms with Crippen LogP contribution < -0.4 is 10.5 Å². The number of ether oxygens (including phenoxy) is 1. The van der Waals surface area contributed by atoms with Crippen molar-refractivity contribution in [3.8, 4) is 5.75 Å². The maximum absolute atomic E-state index is 5.85. The van der Waals surface area contributed by atoms with Gasteiger partial charge >= 0.3 is 0 Å². The molecule has 2 N–H and O–H groups in total. The molecule has 1 aliphatic rings. The third kappa shape index (κ3) is 2.81. The van der Waals surface area contributed by atoms with Gasteiger partial charge in [0.15, 0.2) is 0 Å². The fraction of sp³-hybridized carbons (Fsp3) is 0.600. The van der Waals surface area contributed by atoms with Gasteiger partial charge in [0.25, 0.3) is 0 Å². The van der Waals surface area contributed by atoms with Gasteiger partial charge in [-0.2, -0.15) is 0 Å². The highest BCUT2D eigenvalue weighted by Gasteiger charge is 2.26. The van der Waals surface area contributed by atoms with Crippen LogP contribution in [0.15, 0.2) is 18.2 Å². The Morgan fingerprint density at radius 3 is 2.76 bits per heavy atom. The first-order valence-corrected chi connectivity index (χ1v) is 6.58. The average molecular weight is 233 g/mol. The molecular formula is C15H23NO. The monoisotopic (exact) mass is 233 g/mol. The zero-order chi connectivity index (χ0) is 12.3. The highest BCUT2D eigenvalue weighted by Crippen LogP contribution is 2.35. The van der Waals surface area contributed by atoms with Crippen LogP contribution in [0.3, 0.4) is 0 Å². The Morgan fingerprint density at radius 1 is 1.29 bits per heavy atom. The Morgan fingerprint density at radius 2 is 2.06 bits per heavy atom. The molecule has 1 aromatic carbocycles. The summed E-state index contributed by atoms with van der Waals surface area (Å²) in [4.78, 5) is 0. The minimum absolute atomic E-state index is 0.709. The lowest BCUT2D eigenvalue weighted by molar-refractivity contribution is 0.375. The zero-order valence-electron chi connectivity index (χ0n) is 10.9. The minimum Gasteiger partial charge on any atom is -0.496 e. The second kappa shape index (κ2) is 5.54. The van der Waals surface area contributed by atoms with Crippen molar-refractivity contribution in [3.05, 3.63) is 29.3 Å². The summed E-state index contributed by atoms with van der Waals surface area (Å²) in [6, 6.07) is 6.44. The van der Waals surface area contributed by atoms with Gasteiger partial charge in [0.1, 0.15) is 5.75 Å². The van der Waals surface area contributed by atoms with Crippen molar-refractivity contribution in [2.75, 3.05) is 13.7 Å². The molecule has 1 aromatic rings. The van der Waals surface area contributed by atoms with E-state index >= 15 is 0 Å². The molecule has 1 fully saturated rings. The van der Waals surface area contributed by atoms with E-state index < -0.39 is 0 Å². The lowest BCUT2D eigenvalue weighted by Gasteiger charge is -2.19. The highest BCUT2D eigenvalue weighted by atomic mass is 16.5. The summed E-state index contributed by atoms with van der Waals surface area (Å²) in [6.07, 6.45) is 5.07. The molecule has 2 heteroatoms. The van der Waals surface area contributed by atoms with Gasteiger partial charge in [-0.25, -0.2) is 0 Å². The fourth-order valence-corrected chi connectivity index (χ4v) is 3.04. The Kier molecular flexibility index (Phi) is 4.06. The van der Waals surface area contributed by atoms with Crippen molar-refractivity contribution in [3.63, 3.8) is 0 Å². The van der Waals surface area contributed by atoms with E-state index in [1.54, 1.807) is 7.11 Å². The second-order valence-electron chi connectivity index (χ2n) is 5.21. The number of benzene rings is 1. The first kappa shape index (κ1) is 12.4. The van der Waals surface area contributed by atoms with E-state index in [9.17, 15) is 0 Å². The number of hydrogen-bond acceptors (Lipinski definition) is 2. The Balaban J connectivity index is 2.14. The van der Waals surface area contributed by atoms with Crippen molar-refractivity contribution < 1.29 is 4.74 Å².